The van der Waals surface area contributed by atoms with Crippen LogP contribution in [0.25, 0.3) is 5.82 Å². The Morgan fingerprint density at radius 3 is 2.50 bits per heavy atom. The van der Waals surface area contributed by atoms with E-state index in [0.29, 0.717) is 23.6 Å². The minimum atomic E-state index is -0.251. The lowest BCUT2D eigenvalue weighted by atomic mass is 10.1. The predicted molar refractivity (Wildman–Crippen MR) is 107 cm³/mol. The van der Waals surface area contributed by atoms with E-state index in [1.807, 2.05) is 38.1 Å². The molecule has 0 saturated carbocycles. The molecule has 3 aromatic rings. The Labute approximate surface area is 163 Å². The van der Waals surface area contributed by atoms with Crippen molar-refractivity contribution in [2.24, 2.45) is 0 Å². The van der Waals surface area contributed by atoms with Crippen molar-refractivity contribution in [2.45, 2.75) is 33.2 Å². The first-order valence-electron chi connectivity index (χ1n) is 9.14. The second-order valence-corrected chi connectivity index (χ2v) is 6.58. The van der Waals surface area contributed by atoms with Crippen LogP contribution >= 0.6 is 0 Å². The summed E-state index contributed by atoms with van der Waals surface area (Å²) in [7, 11) is 0. The van der Waals surface area contributed by atoms with E-state index in [2.05, 4.69) is 20.6 Å². The van der Waals surface area contributed by atoms with Crippen molar-refractivity contribution < 1.29 is 9.59 Å². The molecule has 2 aromatic heterocycles. The van der Waals surface area contributed by atoms with Crippen molar-refractivity contribution in [3.8, 4) is 5.82 Å². The van der Waals surface area contributed by atoms with Gasteiger partial charge in [-0.1, -0.05) is 36.8 Å². The van der Waals surface area contributed by atoms with Gasteiger partial charge in [-0.2, -0.15) is 0 Å². The molecule has 2 heterocycles. The SMILES string of the molecule is CCC(=O)Nc1ccc(-n2cnc(C(=O)NC(C)c3ccc(C)cc3)c2)nc1. The van der Waals surface area contributed by atoms with Crippen LogP contribution in [0, 0.1) is 6.92 Å². The molecule has 0 aliphatic carbocycles. The zero-order chi connectivity index (χ0) is 20.1. The van der Waals surface area contributed by atoms with Crippen LogP contribution in [0.4, 0.5) is 5.69 Å². The van der Waals surface area contributed by atoms with E-state index in [1.54, 1.807) is 36.0 Å². The van der Waals surface area contributed by atoms with Gasteiger partial charge in [0.05, 0.1) is 17.9 Å². The van der Waals surface area contributed by atoms with E-state index in [-0.39, 0.29) is 17.9 Å². The highest BCUT2D eigenvalue weighted by atomic mass is 16.2. The summed E-state index contributed by atoms with van der Waals surface area (Å²) >= 11 is 0. The molecule has 1 aromatic carbocycles. The average molecular weight is 377 g/mol. The molecule has 28 heavy (non-hydrogen) atoms. The molecule has 0 spiro atoms. The maximum Gasteiger partial charge on any atom is 0.271 e. The lowest BCUT2D eigenvalue weighted by molar-refractivity contribution is -0.115. The van der Waals surface area contributed by atoms with Crippen LogP contribution in [-0.2, 0) is 4.79 Å². The molecule has 3 rings (SSSR count). The maximum absolute atomic E-state index is 12.5. The number of pyridine rings is 1. The number of anilines is 1. The standard InChI is InChI=1S/C21H23N5O2/c1-4-20(27)25-17-9-10-19(22-11-17)26-12-18(23-13-26)21(28)24-15(3)16-7-5-14(2)6-8-16/h5-13,15H,4H2,1-3H3,(H,24,28)(H,25,27). The summed E-state index contributed by atoms with van der Waals surface area (Å²) in [5.41, 5.74) is 3.14. The summed E-state index contributed by atoms with van der Waals surface area (Å²) < 4.78 is 1.66. The zero-order valence-corrected chi connectivity index (χ0v) is 16.1. The van der Waals surface area contributed by atoms with Gasteiger partial charge in [0.15, 0.2) is 0 Å². The van der Waals surface area contributed by atoms with Crippen LogP contribution in [0.2, 0.25) is 0 Å². The minimum absolute atomic E-state index is 0.0705. The summed E-state index contributed by atoms with van der Waals surface area (Å²) in [6.45, 7) is 5.75. The highest BCUT2D eigenvalue weighted by Gasteiger charge is 2.14. The highest BCUT2D eigenvalue weighted by Crippen LogP contribution is 2.15. The number of carbonyl (C=O) groups excluding carboxylic acids is 2. The van der Waals surface area contributed by atoms with Crippen molar-refractivity contribution in [1.82, 2.24) is 19.9 Å². The molecular formula is C21H23N5O2. The van der Waals surface area contributed by atoms with E-state index in [1.165, 1.54) is 11.9 Å². The third-order valence-electron chi connectivity index (χ3n) is 4.36. The number of hydrogen-bond donors (Lipinski definition) is 2. The Kier molecular flexibility index (Phi) is 5.84. The molecule has 1 atom stereocenters. The molecule has 1 unspecified atom stereocenters. The first-order valence-corrected chi connectivity index (χ1v) is 9.14. The van der Waals surface area contributed by atoms with Crippen LogP contribution < -0.4 is 10.6 Å². The van der Waals surface area contributed by atoms with Gasteiger partial charge in [-0.3, -0.25) is 14.2 Å². The van der Waals surface area contributed by atoms with Crippen molar-refractivity contribution in [1.29, 1.82) is 0 Å². The normalized spacial score (nSPS) is 11.7. The van der Waals surface area contributed by atoms with Crippen LogP contribution in [0.1, 0.15) is 47.9 Å². The molecule has 0 radical (unpaired) electrons. The van der Waals surface area contributed by atoms with Gasteiger partial charge in [0.25, 0.3) is 5.91 Å². The smallest absolute Gasteiger partial charge is 0.271 e. The molecule has 2 amide bonds. The summed E-state index contributed by atoms with van der Waals surface area (Å²) in [5.74, 6) is 0.283. The Morgan fingerprint density at radius 1 is 1.11 bits per heavy atom. The van der Waals surface area contributed by atoms with Crippen molar-refractivity contribution >= 4 is 17.5 Å². The number of rotatable bonds is 6. The van der Waals surface area contributed by atoms with Gasteiger partial charge in [-0.15, -0.1) is 0 Å². The first-order chi connectivity index (χ1) is 13.5. The van der Waals surface area contributed by atoms with Crippen LogP contribution in [0.5, 0.6) is 0 Å². The number of benzene rings is 1. The number of amides is 2. The van der Waals surface area contributed by atoms with Crippen LogP contribution in [-0.4, -0.2) is 26.3 Å². The number of carbonyl (C=O) groups is 2. The molecular weight excluding hydrogens is 354 g/mol. The second kappa shape index (κ2) is 8.47. The van der Waals surface area contributed by atoms with E-state index in [0.717, 1.165) is 5.56 Å². The zero-order valence-electron chi connectivity index (χ0n) is 16.1. The van der Waals surface area contributed by atoms with Crippen LogP contribution in [0.3, 0.4) is 0 Å². The molecule has 144 valence electrons. The van der Waals surface area contributed by atoms with Crippen molar-refractivity contribution in [3.05, 3.63) is 71.9 Å². The largest absolute Gasteiger partial charge is 0.344 e. The molecule has 0 aliphatic heterocycles. The number of hydrogen-bond acceptors (Lipinski definition) is 4. The number of nitrogens with one attached hydrogen (secondary N) is 2. The summed E-state index contributed by atoms with van der Waals surface area (Å²) in [5, 5.41) is 5.70. The summed E-state index contributed by atoms with van der Waals surface area (Å²) in [4.78, 5) is 32.4. The molecule has 7 nitrogen and oxygen atoms in total. The average Bonchev–Trinajstić information content (AvgIpc) is 3.19. The van der Waals surface area contributed by atoms with E-state index >= 15 is 0 Å². The number of nitrogens with zero attached hydrogens (tertiary/aromatic N) is 3. The Hall–Kier alpha value is -3.48. The predicted octanol–water partition coefficient (Wildman–Crippen LogP) is 3.42. The fourth-order valence-electron chi connectivity index (χ4n) is 2.64. The molecule has 0 saturated heterocycles. The Bertz CT molecular complexity index is 961. The topological polar surface area (TPSA) is 88.9 Å². The van der Waals surface area contributed by atoms with Crippen LogP contribution in [0.15, 0.2) is 55.1 Å². The quantitative estimate of drug-likeness (QED) is 0.689. The highest BCUT2D eigenvalue weighted by molar-refractivity contribution is 5.92. The lowest BCUT2D eigenvalue weighted by Gasteiger charge is -2.13. The van der Waals surface area contributed by atoms with E-state index < -0.39 is 0 Å². The van der Waals surface area contributed by atoms with E-state index in [9.17, 15) is 9.59 Å². The molecule has 7 heteroatoms. The molecule has 2 N–H and O–H groups in total. The fourth-order valence-corrected chi connectivity index (χ4v) is 2.64. The number of aromatic nitrogens is 3. The van der Waals surface area contributed by atoms with Gasteiger partial charge in [0.2, 0.25) is 5.91 Å². The lowest BCUT2D eigenvalue weighted by Crippen LogP contribution is -2.26. The molecule has 0 fully saturated rings. The monoisotopic (exact) mass is 377 g/mol. The van der Waals surface area contributed by atoms with Crippen molar-refractivity contribution in [2.75, 3.05) is 5.32 Å². The minimum Gasteiger partial charge on any atom is -0.344 e. The maximum atomic E-state index is 12.5. The summed E-state index contributed by atoms with van der Waals surface area (Å²) in [6.07, 6.45) is 5.15. The third-order valence-corrected chi connectivity index (χ3v) is 4.36. The van der Waals surface area contributed by atoms with Gasteiger partial charge >= 0.3 is 0 Å². The Morgan fingerprint density at radius 2 is 1.86 bits per heavy atom. The van der Waals surface area contributed by atoms with Gasteiger partial charge < -0.3 is 10.6 Å². The number of aryl methyl sites for hydroxylation is 1. The van der Waals surface area contributed by atoms with Gasteiger partial charge in [-0.25, -0.2) is 9.97 Å². The number of imidazole rings is 1. The Balaban J connectivity index is 1.66. The fraction of sp³-hybridized carbons (Fsp3) is 0.238. The second-order valence-electron chi connectivity index (χ2n) is 6.58. The summed E-state index contributed by atoms with van der Waals surface area (Å²) in [6, 6.07) is 11.4. The van der Waals surface area contributed by atoms with Gasteiger partial charge in [0, 0.05) is 12.6 Å². The van der Waals surface area contributed by atoms with E-state index in [4.69, 9.17) is 0 Å². The van der Waals surface area contributed by atoms with Crippen molar-refractivity contribution in [3.63, 3.8) is 0 Å². The molecule has 0 aliphatic rings. The van der Waals surface area contributed by atoms with Gasteiger partial charge in [-0.05, 0) is 31.5 Å². The molecule has 0 bridgehead atoms. The van der Waals surface area contributed by atoms with Gasteiger partial charge in [0.1, 0.15) is 17.8 Å². The third kappa shape index (κ3) is 4.62. The first kappa shape index (κ1) is 19.3.